The maximum absolute atomic E-state index is 13.2. The topological polar surface area (TPSA) is 364 Å². The summed E-state index contributed by atoms with van der Waals surface area (Å²) < 4.78 is 161. The molecule has 0 saturated heterocycles. The normalized spacial score (nSPS) is 10.4. The first kappa shape index (κ1) is 113. The first-order valence-electron chi connectivity index (χ1n) is 28.1. The van der Waals surface area contributed by atoms with Crippen molar-refractivity contribution in [3.05, 3.63) is 206 Å². The number of methoxy groups -OCH3 is 2. The Kier molecular flexibility index (Phi) is 60.7. The number of rotatable bonds is 10. The van der Waals surface area contributed by atoms with Crippen molar-refractivity contribution in [1.82, 2.24) is 0 Å². The summed E-state index contributed by atoms with van der Waals surface area (Å²) >= 11 is 24.2. The van der Waals surface area contributed by atoms with E-state index in [9.17, 15) is 59.1 Å². The van der Waals surface area contributed by atoms with Crippen LogP contribution in [0.25, 0.3) is 4.85 Å². The molecule has 0 aliphatic carbocycles. The summed E-state index contributed by atoms with van der Waals surface area (Å²) in [4.78, 5) is 54.0. The number of nitrogens with zero attached hydrogens (tertiary/aromatic N) is 2. The van der Waals surface area contributed by atoms with Gasteiger partial charge in [0, 0.05) is 69.0 Å². The zero-order valence-electron chi connectivity index (χ0n) is 58.2. The Labute approximate surface area is 753 Å². The average molecular weight is 2080 g/mol. The van der Waals surface area contributed by atoms with E-state index in [1.165, 1.54) is 50.6 Å². The molecule has 113 heavy (non-hydrogen) atoms. The number of fused-ring (bicyclic) bond motifs is 4. The van der Waals surface area contributed by atoms with Gasteiger partial charge >= 0.3 is 65.5 Å². The van der Waals surface area contributed by atoms with Crippen LogP contribution in [-0.4, -0.2) is 128 Å². The van der Waals surface area contributed by atoms with Gasteiger partial charge in [-0.15, -0.1) is 106 Å². The number of aromatic hydroxyl groups is 6. The third-order valence-electron chi connectivity index (χ3n) is 11.9. The second kappa shape index (κ2) is 60.8. The number of alkyl halides is 1. The molecule has 597 valence electrons. The summed E-state index contributed by atoms with van der Waals surface area (Å²) in [5.74, 6) is -7.58. The molecule has 4 aliphatic rings. The largest absolute Gasteiger partial charge is 1.00 e. The summed E-state index contributed by atoms with van der Waals surface area (Å²) in [7, 11) is 9.92. The van der Waals surface area contributed by atoms with Crippen LogP contribution in [0.1, 0.15) is 77.3 Å². The molecule has 0 atom stereocenters. The fourth-order valence-corrected chi connectivity index (χ4v) is 7.60. The maximum Gasteiger partial charge on any atom is 1.00 e. The monoisotopic (exact) mass is 2070 g/mol. The van der Waals surface area contributed by atoms with E-state index in [4.69, 9.17) is 108 Å². The van der Waals surface area contributed by atoms with Gasteiger partial charge in [-0.1, -0.05) is 7.43 Å². The Morgan fingerprint density at radius 3 is 0.973 bits per heavy atom. The SMILES string of the molecule is BrB(Br)Br.BrB(Br)Br.C.COc1cc(C=O)cc(F)c1O.COc1cc(C=O)cc(F)c1O.Fc1cc(CCl)cc2c1OCO2.O=Cc1cc(F)c2c(c1)OCO2.O=Cc1cc(O)c(O)c(F)c1.O=Cc1cc(O)c(O)c(F)c1.O=S(Cl)Cl.OCc1cc(F)c2c(c1)OCO2.[B].[C-]#N.[C-]#[N+]Cc1cc(F)c2c(c1)OCO2.[H-].[Na+].[Na+]. The van der Waals surface area contributed by atoms with Gasteiger partial charge in [0.25, 0.3) is 0 Å². The van der Waals surface area contributed by atoms with Crippen molar-refractivity contribution in [3.63, 3.8) is 0 Å². The number of benzene rings is 8. The molecule has 8 aromatic rings. The van der Waals surface area contributed by atoms with Crippen molar-refractivity contribution in [2.45, 2.75) is 26.5 Å². The van der Waals surface area contributed by atoms with E-state index in [0.29, 0.717) is 65.4 Å². The molecule has 0 aromatic heterocycles. The van der Waals surface area contributed by atoms with E-state index in [2.05, 4.69) is 130 Å². The van der Waals surface area contributed by atoms with Crippen molar-refractivity contribution in [3.8, 4) is 92.0 Å². The average Bonchev–Trinajstić information content (AvgIpc) is 1.67. The number of halogens is 17. The van der Waals surface area contributed by atoms with Gasteiger partial charge in [0.15, 0.2) is 116 Å². The van der Waals surface area contributed by atoms with Crippen molar-refractivity contribution < 1.29 is 207 Å². The van der Waals surface area contributed by atoms with Gasteiger partial charge in [0.1, 0.15) is 31.4 Å². The van der Waals surface area contributed by atoms with Crippen molar-refractivity contribution in [1.29, 1.82) is 5.26 Å². The van der Waals surface area contributed by atoms with Crippen LogP contribution in [0.3, 0.4) is 0 Å². The Balaban J connectivity index is -0.000000385. The number of aldehydes is 5. The molecule has 48 heteroatoms. The Bertz CT molecular complexity index is 4230. The number of hydrogen-bond donors (Lipinski definition) is 7. The minimum atomic E-state index is -1.67. The molecule has 0 spiro atoms. The molecular weight excluding hydrogens is 2020 g/mol. The fraction of sp³-hybridized carbons (Fsp3) is 0.154. The molecule has 0 bridgehead atoms. The van der Waals surface area contributed by atoms with Crippen LogP contribution in [0, 0.1) is 64.9 Å². The van der Waals surface area contributed by atoms with Crippen LogP contribution in [-0.2, 0) is 28.3 Å². The van der Waals surface area contributed by atoms with Gasteiger partial charge in [0.05, 0.1) is 20.8 Å². The zero-order chi connectivity index (χ0) is 82.8. The van der Waals surface area contributed by atoms with Gasteiger partial charge < -0.3 is 101 Å². The standard InChI is InChI=1S/C9H6FNO2.C8H6ClFO2.C8H7FO3.C8H5FO3.2C8H7FO3.2C7H5FO3.CN.CH4.2BBr3.B.Cl2OS.2Na.H/c1-11-4-6-2-7(10)9-8(3-6)12-5-13-9;9-3-5-1-6(10)8-7(2-5)11-4-12-8;2*9-6-1-5(3-10)2-7-8(6)12-4-11-7;2*1-12-7-3-5(4-10)2-6(9)8(7)11;2*8-5-1-4(3-9)2-6(10)7(5)11;1-2;;2*2-1(3)4;;1-4(2)3;;;/h2-3H,4-5H2;1-2H,3-4H2;1-2,10H,3-4H2;1-3H,4H2;2*2-4,11H,1H3;2*1-3,10-11H;;1H4;;;;;;;/q;;;;;;;;-1;;;;;;2*+1;-1. The number of phenols is 6. The Hall–Kier alpha value is -6.62. The van der Waals surface area contributed by atoms with Crippen LogP contribution < -0.4 is 106 Å². The molecule has 25 nitrogen and oxygen atoms in total. The van der Waals surface area contributed by atoms with Crippen molar-refractivity contribution in [2.24, 2.45) is 0 Å². The second-order valence-electron chi connectivity index (χ2n) is 18.9. The van der Waals surface area contributed by atoms with E-state index in [-0.39, 0.29) is 197 Å². The van der Waals surface area contributed by atoms with Gasteiger partial charge in [-0.2, -0.15) is 0 Å². The van der Waals surface area contributed by atoms with Crippen LogP contribution >= 0.6 is 128 Å². The number of ether oxygens (including phenoxy) is 10. The summed E-state index contributed by atoms with van der Waals surface area (Å²) in [5, 5.41) is 67.9. The quantitative estimate of drug-likeness (QED) is 0.0127. The number of phenolic OH excluding ortho intramolecular Hbond substituents is 6. The minimum Gasteiger partial charge on any atom is -1.00 e. The first-order valence-corrected chi connectivity index (χ1v) is 36.9. The molecule has 3 radical (unpaired) electrons. The molecule has 0 amide bonds. The fourth-order valence-electron chi connectivity index (χ4n) is 7.45. The van der Waals surface area contributed by atoms with Gasteiger partial charge in [-0.05, 0) is 108 Å². The maximum atomic E-state index is 13.2. The summed E-state index contributed by atoms with van der Waals surface area (Å²) in [5.41, 5.74) is 2.25. The molecule has 8 aromatic carbocycles. The summed E-state index contributed by atoms with van der Waals surface area (Å²) in [6.07, 6.45) is 2.27. The number of carbonyl (C=O) groups is 5. The molecule has 4 aliphatic heterocycles. The van der Waals surface area contributed by atoms with E-state index < -0.39 is 90.3 Å². The van der Waals surface area contributed by atoms with Crippen LogP contribution in [0.15, 0.2) is 97.1 Å². The van der Waals surface area contributed by atoms with Gasteiger partial charge in [-0.25, -0.2) is 45.9 Å². The molecule has 0 saturated carbocycles. The predicted octanol–water partition coefficient (Wildman–Crippen LogP) is 11.3. The Morgan fingerprint density at radius 2 is 0.699 bits per heavy atom. The van der Waals surface area contributed by atoms with Crippen LogP contribution in [0.5, 0.6) is 92.0 Å². The van der Waals surface area contributed by atoms with E-state index in [0.717, 1.165) is 42.5 Å². The number of aliphatic hydroxyl groups is 1. The van der Waals surface area contributed by atoms with E-state index >= 15 is 0 Å². The second-order valence-corrected chi connectivity index (χ2v) is 34.6. The molecule has 0 fully saturated rings. The molecule has 12 rings (SSSR count). The first-order chi connectivity index (χ1) is 51.6. The van der Waals surface area contributed by atoms with E-state index in [1.807, 2.05) is 0 Å². The third-order valence-corrected chi connectivity index (χ3v) is 12.2. The van der Waals surface area contributed by atoms with Crippen LogP contribution in [0.2, 0.25) is 0 Å². The summed E-state index contributed by atoms with van der Waals surface area (Å²) in [6, 6.07) is 19.3. The summed E-state index contributed by atoms with van der Waals surface area (Å²) in [6.45, 7) is 11.5. The Morgan fingerprint density at radius 1 is 0.460 bits per heavy atom. The van der Waals surface area contributed by atoms with E-state index in [1.54, 1.807) is 18.2 Å². The molecule has 7 N–H and O–H groups in total. The van der Waals surface area contributed by atoms with Crippen molar-refractivity contribution in [2.75, 3.05) is 41.4 Å². The smallest absolute Gasteiger partial charge is 1.00 e. The van der Waals surface area contributed by atoms with Gasteiger partial charge in [0.2, 0.25) is 65.9 Å². The van der Waals surface area contributed by atoms with Crippen LogP contribution in [0.4, 0.5) is 35.1 Å². The van der Waals surface area contributed by atoms with Gasteiger partial charge in [-0.3, -0.25) is 24.0 Å². The molecule has 4 heterocycles. The zero-order valence-corrected chi connectivity index (χ0v) is 73.8. The number of carbonyl (C=O) groups excluding carboxylic acids is 5. The third kappa shape index (κ3) is 40.7. The predicted molar refractivity (Wildman–Crippen MR) is 415 cm³/mol. The molecule has 0 unspecified atom stereocenters. The molecular formula is C65H53B3Br6Cl3F8N2Na2O23S. The van der Waals surface area contributed by atoms with Crippen molar-refractivity contribution >= 4 is 183 Å². The number of hydrogen-bond acceptors (Lipinski definition) is 24. The minimum absolute atomic E-state index is 0. The number of aliphatic hydroxyl groups excluding tert-OH is 1.